The minimum atomic E-state index is -0.684. The van der Waals surface area contributed by atoms with Crippen molar-refractivity contribution in [2.24, 2.45) is 5.92 Å². The van der Waals surface area contributed by atoms with Crippen molar-refractivity contribution in [3.05, 3.63) is 27.2 Å². The molecule has 1 aromatic carbocycles. The average Bonchev–Trinajstić information content (AvgIpc) is 3.22. The monoisotopic (exact) mass is 349 g/mol. The Morgan fingerprint density at radius 2 is 1.86 bits per heavy atom. The van der Waals surface area contributed by atoms with Crippen LogP contribution in [0.15, 0.2) is 12.1 Å². The van der Waals surface area contributed by atoms with Gasteiger partial charge in [0, 0.05) is 6.07 Å². The lowest BCUT2D eigenvalue weighted by Gasteiger charge is -2.46. The number of likely N-dealkylation sites (tertiary alicyclic amines) is 1. The summed E-state index contributed by atoms with van der Waals surface area (Å²) in [5.74, 6) is 0.492. The first-order valence-electron chi connectivity index (χ1n) is 6.66. The van der Waals surface area contributed by atoms with Gasteiger partial charge in [0.15, 0.2) is 6.61 Å². The van der Waals surface area contributed by atoms with Crippen molar-refractivity contribution in [1.82, 2.24) is 4.90 Å². The van der Waals surface area contributed by atoms with Gasteiger partial charge in [0.2, 0.25) is 0 Å². The molecule has 1 aliphatic carbocycles. The molecule has 114 valence electrons. The molecule has 0 atom stereocenters. The van der Waals surface area contributed by atoms with E-state index in [0.717, 1.165) is 12.8 Å². The molecule has 21 heavy (non-hydrogen) atoms. The molecule has 1 aromatic rings. The molecule has 0 radical (unpaired) electrons. The van der Waals surface area contributed by atoms with Gasteiger partial charge in [0.05, 0.1) is 28.2 Å². The number of hydrogen-bond donors (Lipinski definition) is 1. The van der Waals surface area contributed by atoms with E-state index >= 15 is 0 Å². The number of amides is 1. The van der Waals surface area contributed by atoms with Crippen LogP contribution in [-0.2, 0) is 4.79 Å². The fourth-order valence-electron chi connectivity index (χ4n) is 2.52. The largest absolute Gasteiger partial charge is 0.482 e. The predicted molar refractivity (Wildman–Crippen MR) is 81.2 cm³/mol. The molecular weight excluding hydrogens is 337 g/mol. The summed E-state index contributed by atoms with van der Waals surface area (Å²) in [5, 5.41) is 11.1. The van der Waals surface area contributed by atoms with Gasteiger partial charge in [-0.1, -0.05) is 34.8 Å². The summed E-state index contributed by atoms with van der Waals surface area (Å²) in [6, 6.07) is 2.96. The Balaban J connectivity index is 1.54. The molecule has 0 spiro atoms. The minimum Gasteiger partial charge on any atom is -0.482 e. The molecular formula is C14H14Cl3NO3. The summed E-state index contributed by atoms with van der Waals surface area (Å²) < 4.78 is 5.39. The zero-order valence-electron chi connectivity index (χ0n) is 11.1. The summed E-state index contributed by atoms with van der Waals surface area (Å²) in [7, 11) is 0. The highest BCUT2D eigenvalue weighted by Crippen LogP contribution is 2.44. The second-order valence-electron chi connectivity index (χ2n) is 5.61. The fraction of sp³-hybridized carbons (Fsp3) is 0.500. The second kappa shape index (κ2) is 5.51. The van der Waals surface area contributed by atoms with Crippen molar-refractivity contribution < 1.29 is 14.6 Å². The lowest BCUT2D eigenvalue weighted by Crippen LogP contribution is -2.65. The van der Waals surface area contributed by atoms with E-state index in [0.29, 0.717) is 39.8 Å². The van der Waals surface area contributed by atoms with Gasteiger partial charge >= 0.3 is 0 Å². The first-order valence-corrected chi connectivity index (χ1v) is 7.80. The fourth-order valence-corrected chi connectivity index (χ4v) is 3.11. The van der Waals surface area contributed by atoms with Crippen molar-refractivity contribution in [3.8, 4) is 5.75 Å². The SMILES string of the molecule is O=C(COc1cc(Cl)c(Cl)cc1Cl)N1CC(O)(C2CC2)C1. The third-order valence-corrected chi connectivity index (χ3v) is 4.96. The normalized spacial score (nSPS) is 20.1. The first-order chi connectivity index (χ1) is 9.89. The maximum absolute atomic E-state index is 12.0. The van der Waals surface area contributed by atoms with E-state index in [4.69, 9.17) is 39.5 Å². The topological polar surface area (TPSA) is 49.8 Å². The number of nitrogens with zero attached hydrogens (tertiary/aromatic N) is 1. The van der Waals surface area contributed by atoms with Crippen LogP contribution in [0.2, 0.25) is 15.1 Å². The molecule has 1 heterocycles. The third-order valence-electron chi connectivity index (χ3n) is 3.95. The Hall–Kier alpha value is -0.680. The number of halogens is 3. The van der Waals surface area contributed by atoms with Crippen molar-refractivity contribution in [2.45, 2.75) is 18.4 Å². The first kappa shape index (κ1) is 15.2. The van der Waals surface area contributed by atoms with Crippen molar-refractivity contribution in [2.75, 3.05) is 19.7 Å². The van der Waals surface area contributed by atoms with E-state index in [1.807, 2.05) is 0 Å². The van der Waals surface area contributed by atoms with Crippen LogP contribution < -0.4 is 4.74 Å². The zero-order valence-corrected chi connectivity index (χ0v) is 13.4. The Bertz CT molecular complexity index is 583. The number of carbonyl (C=O) groups excluding carboxylic acids is 1. The summed E-state index contributed by atoms with van der Waals surface area (Å²) in [5.41, 5.74) is -0.684. The molecule has 0 bridgehead atoms. The van der Waals surface area contributed by atoms with Gasteiger partial charge in [-0.15, -0.1) is 0 Å². The molecule has 0 aromatic heterocycles. The Kier molecular flexibility index (Phi) is 3.99. The number of hydrogen-bond acceptors (Lipinski definition) is 3. The molecule has 0 unspecified atom stereocenters. The van der Waals surface area contributed by atoms with Crippen LogP contribution >= 0.6 is 34.8 Å². The highest BCUT2D eigenvalue weighted by molar-refractivity contribution is 6.43. The van der Waals surface area contributed by atoms with Crippen LogP contribution in [-0.4, -0.2) is 41.2 Å². The van der Waals surface area contributed by atoms with Gasteiger partial charge in [-0.2, -0.15) is 0 Å². The molecule has 4 nitrogen and oxygen atoms in total. The van der Waals surface area contributed by atoms with Gasteiger partial charge in [0.1, 0.15) is 11.4 Å². The smallest absolute Gasteiger partial charge is 0.260 e. The highest BCUT2D eigenvalue weighted by atomic mass is 35.5. The molecule has 1 N–H and O–H groups in total. The van der Waals surface area contributed by atoms with Crippen LogP contribution in [0.1, 0.15) is 12.8 Å². The highest BCUT2D eigenvalue weighted by Gasteiger charge is 2.53. The molecule has 1 saturated heterocycles. The molecule has 1 saturated carbocycles. The number of aliphatic hydroxyl groups is 1. The summed E-state index contributed by atoms with van der Waals surface area (Å²) in [6.45, 7) is 0.627. The Morgan fingerprint density at radius 3 is 2.48 bits per heavy atom. The van der Waals surface area contributed by atoms with Gasteiger partial charge < -0.3 is 14.7 Å². The summed E-state index contributed by atoms with van der Waals surface area (Å²) in [4.78, 5) is 13.6. The van der Waals surface area contributed by atoms with Crippen LogP contribution in [0.25, 0.3) is 0 Å². The lowest BCUT2D eigenvalue weighted by atomic mass is 9.89. The number of rotatable bonds is 4. The van der Waals surface area contributed by atoms with Crippen LogP contribution in [0.3, 0.4) is 0 Å². The van der Waals surface area contributed by atoms with Gasteiger partial charge in [-0.05, 0) is 24.8 Å². The van der Waals surface area contributed by atoms with E-state index < -0.39 is 5.60 Å². The summed E-state index contributed by atoms with van der Waals surface area (Å²) >= 11 is 17.7. The molecule has 7 heteroatoms. The van der Waals surface area contributed by atoms with Crippen molar-refractivity contribution >= 4 is 40.7 Å². The zero-order chi connectivity index (χ0) is 15.2. The quantitative estimate of drug-likeness (QED) is 0.849. The van der Waals surface area contributed by atoms with Gasteiger partial charge in [-0.3, -0.25) is 4.79 Å². The van der Waals surface area contributed by atoms with Crippen LogP contribution in [0.5, 0.6) is 5.75 Å². The van der Waals surface area contributed by atoms with E-state index in [2.05, 4.69) is 0 Å². The molecule has 1 aliphatic heterocycles. The van der Waals surface area contributed by atoms with Crippen molar-refractivity contribution in [3.63, 3.8) is 0 Å². The van der Waals surface area contributed by atoms with E-state index in [9.17, 15) is 9.90 Å². The lowest BCUT2D eigenvalue weighted by molar-refractivity contribution is -0.161. The summed E-state index contributed by atoms with van der Waals surface area (Å²) in [6.07, 6.45) is 2.10. The van der Waals surface area contributed by atoms with Gasteiger partial charge in [-0.25, -0.2) is 0 Å². The van der Waals surface area contributed by atoms with Crippen molar-refractivity contribution in [1.29, 1.82) is 0 Å². The molecule has 1 amide bonds. The predicted octanol–water partition coefficient (Wildman–Crippen LogP) is 3.01. The standard InChI is InChI=1S/C14H14Cl3NO3/c15-9-3-11(17)12(4-10(9)16)21-5-13(19)18-6-14(20,7-18)8-1-2-8/h3-4,8,20H,1-2,5-7H2. The Morgan fingerprint density at radius 1 is 1.24 bits per heavy atom. The van der Waals surface area contributed by atoms with Crippen LogP contribution in [0, 0.1) is 5.92 Å². The number of carbonyl (C=O) groups is 1. The second-order valence-corrected chi connectivity index (χ2v) is 6.83. The van der Waals surface area contributed by atoms with E-state index in [-0.39, 0.29) is 12.5 Å². The maximum atomic E-state index is 12.0. The number of benzene rings is 1. The number of β-amino-alcohol motifs (C(OH)–C–C–N with tert-alkyl or cyclic N) is 1. The molecule has 2 fully saturated rings. The maximum Gasteiger partial charge on any atom is 0.260 e. The average molecular weight is 351 g/mol. The van der Waals surface area contributed by atoms with E-state index in [1.54, 1.807) is 4.90 Å². The van der Waals surface area contributed by atoms with E-state index in [1.165, 1.54) is 12.1 Å². The molecule has 2 aliphatic rings. The number of ether oxygens (including phenoxy) is 1. The Labute approximate surface area is 137 Å². The third kappa shape index (κ3) is 3.09. The molecule has 3 rings (SSSR count). The minimum absolute atomic E-state index is 0.140. The van der Waals surface area contributed by atoms with Gasteiger partial charge in [0.25, 0.3) is 5.91 Å². The van der Waals surface area contributed by atoms with Crippen LogP contribution in [0.4, 0.5) is 0 Å².